The molecular weight excluding hydrogens is 196 g/mol. The zero-order valence-electron chi connectivity index (χ0n) is 9.45. The molecule has 2 heteroatoms. The lowest BCUT2D eigenvalue weighted by Gasteiger charge is -2.31. The van der Waals surface area contributed by atoms with E-state index in [9.17, 15) is 5.26 Å². The van der Waals surface area contributed by atoms with Gasteiger partial charge in [-0.05, 0) is 37.1 Å². The van der Waals surface area contributed by atoms with Crippen molar-refractivity contribution >= 4 is 0 Å². The summed E-state index contributed by atoms with van der Waals surface area (Å²) in [4.78, 5) is 2.40. The summed E-state index contributed by atoms with van der Waals surface area (Å²) in [7, 11) is 0. The van der Waals surface area contributed by atoms with Gasteiger partial charge < -0.3 is 0 Å². The Morgan fingerprint density at radius 3 is 2.12 bits per heavy atom. The second kappa shape index (κ2) is 3.61. The maximum absolute atomic E-state index is 9.56. The lowest BCUT2D eigenvalue weighted by molar-refractivity contribution is 0.183. The first-order valence-corrected chi connectivity index (χ1v) is 6.07. The van der Waals surface area contributed by atoms with Gasteiger partial charge in [0.05, 0.1) is 6.07 Å². The molecule has 0 saturated carbocycles. The van der Waals surface area contributed by atoms with Crippen molar-refractivity contribution in [3.05, 3.63) is 35.4 Å². The van der Waals surface area contributed by atoms with Crippen LogP contribution in [0.15, 0.2) is 24.3 Å². The second-order valence-electron chi connectivity index (χ2n) is 4.96. The first kappa shape index (κ1) is 9.86. The highest BCUT2D eigenvalue weighted by Crippen LogP contribution is 2.36. The van der Waals surface area contributed by atoms with Crippen molar-refractivity contribution < 1.29 is 0 Å². The first-order chi connectivity index (χ1) is 7.84. The molecule has 2 aliphatic rings. The van der Waals surface area contributed by atoms with Gasteiger partial charge >= 0.3 is 0 Å². The van der Waals surface area contributed by atoms with Gasteiger partial charge in [-0.25, -0.2) is 0 Å². The number of nitriles is 1. The number of hydrogen-bond acceptors (Lipinski definition) is 2. The predicted molar refractivity (Wildman–Crippen MR) is 63.0 cm³/mol. The van der Waals surface area contributed by atoms with Crippen LogP contribution >= 0.6 is 0 Å². The number of likely N-dealkylation sites (tertiary alicyclic amines) is 1. The van der Waals surface area contributed by atoms with Crippen LogP contribution < -0.4 is 0 Å². The van der Waals surface area contributed by atoms with E-state index in [4.69, 9.17) is 0 Å². The molecule has 0 bridgehead atoms. The number of nitrogens with zero attached hydrogens (tertiary/aromatic N) is 2. The molecule has 1 fully saturated rings. The average Bonchev–Trinajstić information content (AvgIpc) is 2.96. The van der Waals surface area contributed by atoms with E-state index in [1.165, 1.54) is 24.0 Å². The minimum Gasteiger partial charge on any atom is -0.285 e. The van der Waals surface area contributed by atoms with Gasteiger partial charge in [-0.2, -0.15) is 5.26 Å². The zero-order chi connectivity index (χ0) is 11.0. The normalized spacial score (nSPS) is 22.9. The summed E-state index contributed by atoms with van der Waals surface area (Å²) in [6.07, 6.45) is 4.33. The van der Waals surface area contributed by atoms with Crippen molar-refractivity contribution in [3.8, 4) is 6.07 Å². The average molecular weight is 212 g/mol. The second-order valence-corrected chi connectivity index (χ2v) is 4.96. The fourth-order valence-corrected chi connectivity index (χ4v) is 3.11. The van der Waals surface area contributed by atoms with Crippen LogP contribution in [0.2, 0.25) is 0 Å². The first-order valence-electron chi connectivity index (χ1n) is 6.07. The van der Waals surface area contributed by atoms with E-state index in [0.717, 1.165) is 25.9 Å². The van der Waals surface area contributed by atoms with Gasteiger partial charge in [0, 0.05) is 12.8 Å². The van der Waals surface area contributed by atoms with Crippen LogP contribution in [0.1, 0.15) is 24.0 Å². The molecule has 0 atom stereocenters. The molecule has 0 amide bonds. The Balaban J connectivity index is 1.94. The predicted octanol–water partition coefficient (Wildman–Crippen LogP) is 2.14. The molecule has 1 aromatic rings. The summed E-state index contributed by atoms with van der Waals surface area (Å²) in [6.45, 7) is 2.20. The third-order valence-corrected chi connectivity index (χ3v) is 4.00. The molecule has 0 unspecified atom stereocenters. The maximum atomic E-state index is 9.56. The molecule has 16 heavy (non-hydrogen) atoms. The number of fused-ring (bicyclic) bond motifs is 1. The van der Waals surface area contributed by atoms with Crippen LogP contribution in [0.3, 0.4) is 0 Å². The van der Waals surface area contributed by atoms with Crippen molar-refractivity contribution in [3.63, 3.8) is 0 Å². The van der Waals surface area contributed by atoms with Crippen molar-refractivity contribution in [2.75, 3.05) is 13.1 Å². The fourth-order valence-electron chi connectivity index (χ4n) is 3.11. The summed E-state index contributed by atoms with van der Waals surface area (Å²) < 4.78 is 0. The smallest absolute Gasteiger partial charge is 0.117 e. The monoisotopic (exact) mass is 212 g/mol. The standard InChI is InChI=1S/C14H16N2/c15-11-14(16-7-3-4-8-16)9-12-5-1-2-6-13(12)10-14/h1-2,5-6H,3-4,7-10H2. The van der Waals surface area contributed by atoms with Gasteiger partial charge in [0.2, 0.25) is 0 Å². The Hall–Kier alpha value is -1.33. The Kier molecular flexibility index (Phi) is 2.22. The molecule has 0 N–H and O–H groups in total. The topological polar surface area (TPSA) is 27.0 Å². The largest absolute Gasteiger partial charge is 0.285 e. The highest BCUT2D eigenvalue weighted by Gasteiger charge is 2.43. The van der Waals surface area contributed by atoms with E-state index in [1.807, 2.05) is 0 Å². The van der Waals surface area contributed by atoms with Gasteiger partial charge in [-0.15, -0.1) is 0 Å². The van der Waals surface area contributed by atoms with Gasteiger partial charge in [-0.3, -0.25) is 4.90 Å². The van der Waals surface area contributed by atoms with Crippen molar-refractivity contribution in [2.24, 2.45) is 0 Å². The molecule has 1 heterocycles. The summed E-state index contributed by atoms with van der Waals surface area (Å²) in [5.74, 6) is 0. The highest BCUT2D eigenvalue weighted by atomic mass is 15.2. The van der Waals surface area contributed by atoms with Gasteiger partial charge in [0.25, 0.3) is 0 Å². The molecule has 82 valence electrons. The summed E-state index contributed by atoms with van der Waals surface area (Å²) in [5.41, 5.74) is 2.51. The van der Waals surface area contributed by atoms with E-state index < -0.39 is 0 Å². The molecule has 0 aromatic heterocycles. The SMILES string of the molecule is N#CC1(N2CCCC2)Cc2ccccc2C1. The molecule has 1 saturated heterocycles. The van der Waals surface area contributed by atoms with Crippen LogP contribution in [-0.4, -0.2) is 23.5 Å². The molecule has 3 rings (SSSR count). The van der Waals surface area contributed by atoms with Crippen LogP contribution in [0.25, 0.3) is 0 Å². The van der Waals surface area contributed by atoms with E-state index in [0.29, 0.717) is 0 Å². The Morgan fingerprint density at radius 2 is 1.62 bits per heavy atom. The van der Waals surface area contributed by atoms with Gasteiger partial charge in [0.15, 0.2) is 0 Å². The van der Waals surface area contributed by atoms with E-state index in [-0.39, 0.29) is 5.54 Å². The van der Waals surface area contributed by atoms with Gasteiger partial charge in [-0.1, -0.05) is 24.3 Å². The summed E-state index contributed by atoms with van der Waals surface area (Å²) >= 11 is 0. The van der Waals surface area contributed by atoms with Crippen molar-refractivity contribution in [1.82, 2.24) is 4.90 Å². The van der Waals surface area contributed by atoms with E-state index >= 15 is 0 Å². The van der Waals surface area contributed by atoms with E-state index in [2.05, 4.69) is 35.2 Å². The summed E-state index contributed by atoms with van der Waals surface area (Å²) in [5, 5.41) is 9.56. The molecule has 2 nitrogen and oxygen atoms in total. The molecule has 1 aliphatic heterocycles. The third kappa shape index (κ3) is 1.36. The molecule has 0 spiro atoms. The lowest BCUT2D eigenvalue weighted by Crippen LogP contribution is -2.46. The zero-order valence-corrected chi connectivity index (χ0v) is 9.45. The number of rotatable bonds is 1. The van der Waals surface area contributed by atoms with Crippen molar-refractivity contribution in [1.29, 1.82) is 5.26 Å². The number of benzene rings is 1. The van der Waals surface area contributed by atoms with Crippen LogP contribution in [-0.2, 0) is 12.8 Å². The molecule has 0 radical (unpaired) electrons. The summed E-state index contributed by atoms with van der Waals surface area (Å²) in [6, 6.07) is 11.1. The minimum absolute atomic E-state index is 0.236. The fraction of sp³-hybridized carbons (Fsp3) is 0.500. The van der Waals surface area contributed by atoms with Gasteiger partial charge in [0.1, 0.15) is 5.54 Å². The quantitative estimate of drug-likeness (QED) is 0.713. The minimum atomic E-state index is -0.236. The molecule has 1 aromatic carbocycles. The maximum Gasteiger partial charge on any atom is 0.117 e. The molecular formula is C14H16N2. The van der Waals surface area contributed by atoms with Crippen LogP contribution in [0.4, 0.5) is 0 Å². The van der Waals surface area contributed by atoms with Crippen LogP contribution in [0.5, 0.6) is 0 Å². The Labute approximate surface area is 96.5 Å². The Morgan fingerprint density at radius 1 is 1.06 bits per heavy atom. The molecule has 1 aliphatic carbocycles. The van der Waals surface area contributed by atoms with Crippen LogP contribution in [0, 0.1) is 11.3 Å². The van der Waals surface area contributed by atoms with E-state index in [1.54, 1.807) is 0 Å². The Bertz CT molecular complexity index is 413. The highest BCUT2D eigenvalue weighted by molar-refractivity contribution is 5.40. The lowest BCUT2D eigenvalue weighted by atomic mass is 9.95. The van der Waals surface area contributed by atoms with Crippen molar-refractivity contribution in [2.45, 2.75) is 31.2 Å². The third-order valence-electron chi connectivity index (χ3n) is 4.00. The number of hydrogen-bond donors (Lipinski definition) is 0.